The minimum atomic E-state index is 0.00920. The second kappa shape index (κ2) is 6.56. The van der Waals surface area contributed by atoms with Crippen LogP contribution in [0.5, 0.6) is 0 Å². The Hall–Kier alpha value is -2.43. The number of carbonyl (C=O) groups is 1. The fourth-order valence-electron chi connectivity index (χ4n) is 2.96. The van der Waals surface area contributed by atoms with E-state index in [-0.39, 0.29) is 5.91 Å². The molecule has 0 saturated carbocycles. The lowest BCUT2D eigenvalue weighted by atomic mass is 10.1. The fraction of sp³-hybridized carbons (Fsp3) is 0.353. The maximum Gasteiger partial charge on any atom is 0.224 e. The fourth-order valence-corrected chi connectivity index (χ4v) is 2.96. The van der Waals surface area contributed by atoms with Crippen LogP contribution in [0.4, 0.5) is 5.69 Å². The molecular weight excluding hydrogens is 276 g/mol. The maximum absolute atomic E-state index is 11.9. The molecule has 1 aromatic carbocycles. The molecular formula is C17H20N4O. The number of para-hydroxylation sites is 1. The van der Waals surface area contributed by atoms with E-state index in [9.17, 15) is 4.79 Å². The number of anilines is 1. The van der Waals surface area contributed by atoms with Crippen LogP contribution in [0.3, 0.4) is 0 Å². The third kappa shape index (κ3) is 3.24. The van der Waals surface area contributed by atoms with Crippen LogP contribution in [0.25, 0.3) is 0 Å². The van der Waals surface area contributed by atoms with Gasteiger partial charge in [0.1, 0.15) is 6.33 Å². The van der Waals surface area contributed by atoms with Gasteiger partial charge in [-0.15, -0.1) is 0 Å². The summed E-state index contributed by atoms with van der Waals surface area (Å²) in [7, 11) is 0. The molecule has 2 aromatic rings. The number of rotatable bonds is 5. The van der Waals surface area contributed by atoms with Crippen LogP contribution in [0.2, 0.25) is 0 Å². The van der Waals surface area contributed by atoms with Gasteiger partial charge in [-0.3, -0.25) is 4.79 Å². The Kier molecular flexibility index (Phi) is 4.32. The SMILES string of the molecule is C[C@@H]1Cc2ccccc2N1CCNC(=O)Cc1cncnc1. The Bertz CT molecular complexity index is 644. The predicted octanol–water partition coefficient (Wildman–Crippen LogP) is 1.59. The Morgan fingerprint density at radius 3 is 2.91 bits per heavy atom. The van der Waals surface area contributed by atoms with Gasteiger partial charge in [0.05, 0.1) is 6.42 Å². The van der Waals surface area contributed by atoms with E-state index in [0.717, 1.165) is 18.5 Å². The summed E-state index contributed by atoms with van der Waals surface area (Å²) in [4.78, 5) is 22.1. The Morgan fingerprint density at radius 2 is 2.09 bits per heavy atom. The highest BCUT2D eigenvalue weighted by Gasteiger charge is 2.24. The molecule has 0 radical (unpaired) electrons. The average Bonchev–Trinajstić information content (AvgIpc) is 2.84. The van der Waals surface area contributed by atoms with Crippen molar-refractivity contribution in [3.8, 4) is 0 Å². The average molecular weight is 296 g/mol. The van der Waals surface area contributed by atoms with E-state index in [0.29, 0.717) is 19.0 Å². The molecule has 1 aromatic heterocycles. The van der Waals surface area contributed by atoms with Crippen molar-refractivity contribution in [1.82, 2.24) is 15.3 Å². The molecule has 0 fully saturated rings. The first-order valence-electron chi connectivity index (χ1n) is 7.59. The number of benzene rings is 1. The van der Waals surface area contributed by atoms with Gasteiger partial charge >= 0.3 is 0 Å². The van der Waals surface area contributed by atoms with Crippen molar-refractivity contribution < 1.29 is 4.79 Å². The van der Waals surface area contributed by atoms with Crippen molar-refractivity contribution in [2.45, 2.75) is 25.8 Å². The van der Waals surface area contributed by atoms with Crippen molar-refractivity contribution in [1.29, 1.82) is 0 Å². The summed E-state index contributed by atoms with van der Waals surface area (Å²) in [5, 5.41) is 2.97. The van der Waals surface area contributed by atoms with Crippen LogP contribution in [-0.4, -0.2) is 35.0 Å². The molecule has 1 aliphatic rings. The molecule has 1 aliphatic heterocycles. The lowest BCUT2D eigenvalue weighted by molar-refractivity contribution is -0.120. The summed E-state index contributed by atoms with van der Waals surface area (Å²) in [6.45, 7) is 3.70. The number of carbonyl (C=O) groups excluding carboxylic acids is 1. The number of nitrogens with zero attached hydrogens (tertiary/aromatic N) is 3. The second-order valence-corrected chi connectivity index (χ2v) is 5.65. The van der Waals surface area contributed by atoms with Crippen molar-refractivity contribution in [2.75, 3.05) is 18.0 Å². The summed E-state index contributed by atoms with van der Waals surface area (Å²) in [6, 6.07) is 8.97. The van der Waals surface area contributed by atoms with Crippen LogP contribution in [-0.2, 0) is 17.6 Å². The molecule has 5 nitrogen and oxygen atoms in total. The van der Waals surface area contributed by atoms with Gasteiger partial charge in [-0.25, -0.2) is 9.97 Å². The highest BCUT2D eigenvalue weighted by molar-refractivity contribution is 5.78. The first-order valence-corrected chi connectivity index (χ1v) is 7.59. The molecule has 2 heterocycles. The molecule has 0 aliphatic carbocycles. The summed E-state index contributed by atoms with van der Waals surface area (Å²) < 4.78 is 0. The zero-order chi connectivity index (χ0) is 15.4. The molecule has 0 spiro atoms. The predicted molar refractivity (Wildman–Crippen MR) is 85.7 cm³/mol. The molecule has 5 heteroatoms. The normalized spacial score (nSPS) is 16.4. The van der Waals surface area contributed by atoms with Crippen molar-refractivity contribution in [3.63, 3.8) is 0 Å². The molecule has 1 N–H and O–H groups in total. The van der Waals surface area contributed by atoms with E-state index in [1.165, 1.54) is 17.6 Å². The number of hydrogen-bond donors (Lipinski definition) is 1. The quantitative estimate of drug-likeness (QED) is 0.910. The van der Waals surface area contributed by atoms with Crippen molar-refractivity contribution in [3.05, 3.63) is 54.1 Å². The van der Waals surface area contributed by atoms with Crippen LogP contribution in [0, 0.1) is 0 Å². The zero-order valence-corrected chi connectivity index (χ0v) is 12.7. The van der Waals surface area contributed by atoms with E-state index >= 15 is 0 Å². The molecule has 1 amide bonds. The first kappa shape index (κ1) is 14.5. The third-order valence-electron chi connectivity index (χ3n) is 4.00. The lowest BCUT2D eigenvalue weighted by Gasteiger charge is -2.25. The smallest absolute Gasteiger partial charge is 0.224 e. The molecule has 0 unspecified atom stereocenters. The minimum absolute atomic E-state index is 0.00920. The number of amides is 1. The number of nitrogens with one attached hydrogen (secondary N) is 1. The summed E-state index contributed by atoms with van der Waals surface area (Å²) in [6.07, 6.45) is 6.21. The topological polar surface area (TPSA) is 58.1 Å². The molecule has 0 saturated heterocycles. The maximum atomic E-state index is 11.9. The molecule has 114 valence electrons. The van der Waals surface area contributed by atoms with Gasteiger partial charge in [-0.2, -0.15) is 0 Å². The first-order chi connectivity index (χ1) is 10.7. The van der Waals surface area contributed by atoms with Gasteiger partial charge < -0.3 is 10.2 Å². The van der Waals surface area contributed by atoms with E-state index < -0.39 is 0 Å². The van der Waals surface area contributed by atoms with Gasteiger partial charge in [-0.05, 0) is 30.5 Å². The largest absolute Gasteiger partial charge is 0.367 e. The van der Waals surface area contributed by atoms with Crippen LogP contribution >= 0.6 is 0 Å². The van der Waals surface area contributed by atoms with E-state index in [1.807, 2.05) is 0 Å². The van der Waals surface area contributed by atoms with Gasteiger partial charge in [0, 0.05) is 37.2 Å². The van der Waals surface area contributed by atoms with Crippen LogP contribution < -0.4 is 10.2 Å². The standard InChI is InChI=1S/C17H20N4O/c1-13-8-15-4-2-3-5-16(15)21(13)7-6-20-17(22)9-14-10-18-12-19-11-14/h2-5,10-13H,6-9H2,1H3,(H,20,22)/t13-/m1/s1. The highest BCUT2D eigenvalue weighted by atomic mass is 16.1. The highest BCUT2D eigenvalue weighted by Crippen LogP contribution is 2.31. The second-order valence-electron chi connectivity index (χ2n) is 5.65. The number of hydrogen-bond acceptors (Lipinski definition) is 4. The van der Waals surface area contributed by atoms with E-state index in [2.05, 4.69) is 51.4 Å². The van der Waals surface area contributed by atoms with Crippen LogP contribution in [0.15, 0.2) is 43.0 Å². The molecule has 3 rings (SSSR count). The summed E-state index contributed by atoms with van der Waals surface area (Å²) in [5.41, 5.74) is 3.52. The zero-order valence-electron chi connectivity index (χ0n) is 12.7. The Balaban J connectivity index is 1.50. The van der Waals surface area contributed by atoms with E-state index in [1.54, 1.807) is 12.4 Å². The van der Waals surface area contributed by atoms with Gasteiger partial charge in [-0.1, -0.05) is 18.2 Å². The van der Waals surface area contributed by atoms with Gasteiger partial charge in [0.15, 0.2) is 0 Å². The van der Waals surface area contributed by atoms with Crippen LogP contribution in [0.1, 0.15) is 18.1 Å². The molecule has 22 heavy (non-hydrogen) atoms. The summed E-state index contributed by atoms with van der Waals surface area (Å²) >= 11 is 0. The molecule has 1 atom stereocenters. The number of aromatic nitrogens is 2. The lowest BCUT2D eigenvalue weighted by Crippen LogP contribution is -2.38. The Morgan fingerprint density at radius 1 is 1.32 bits per heavy atom. The van der Waals surface area contributed by atoms with Crippen molar-refractivity contribution in [2.24, 2.45) is 0 Å². The van der Waals surface area contributed by atoms with E-state index in [4.69, 9.17) is 0 Å². The summed E-state index contributed by atoms with van der Waals surface area (Å²) in [5.74, 6) is 0.00920. The number of fused-ring (bicyclic) bond motifs is 1. The van der Waals surface area contributed by atoms with Gasteiger partial charge in [0.2, 0.25) is 5.91 Å². The van der Waals surface area contributed by atoms with Gasteiger partial charge in [0.25, 0.3) is 0 Å². The minimum Gasteiger partial charge on any atom is -0.367 e. The van der Waals surface area contributed by atoms with Crippen molar-refractivity contribution >= 4 is 11.6 Å². The monoisotopic (exact) mass is 296 g/mol. The molecule has 0 bridgehead atoms. The Labute approximate surface area is 130 Å². The third-order valence-corrected chi connectivity index (χ3v) is 4.00.